The second-order valence-electron chi connectivity index (χ2n) is 9.18. The van der Waals surface area contributed by atoms with Gasteiger partial charge in [-0.1, -0.05) is 39.0 Å². The van der Waals surface area contributed by atoms with Crippen LogP contribution in [0.5, 0.6) is 17.2 Å². The fourth-order valence-electron chi connectivity index (χ4n) is 3.49. The number of nitrogens with zero attached hydrogens (tertiary/aromatic N) is 1. The van der Waals surface area contributed by atoms with E-state index >= 15 is 0 Å². The third-order valence-electron chi connectivity index (χ3n) is 5.36. The lowest BCUT2D eigenvalue weighted by Gasteiger charge is -2.19. The summed E-state index contributed by atoms with van der Waals surface area (Å²) in [6.45, 7) is 10.9. The van der Waals surface area contributed by atoms with Crippen molar-refractivity contribution in [3.8, 4) is 17.2 Å². The molecule has 0 saturated carbocycles. The lowest BCUT2D eigenvalue weighted by Crippen LogP contribution is -2.34. The molecular formula is C28H33NO7S. The minimum absolute atomic E-state index is 0.0840. The maximum atomic E-state index is 12.6. The highest BCUT2D eigenvalue weighted by molar-refractivity contribution is 8.18. The molecule has 0 radical (unpaired) electrons. The summed E-state index contributed by atoms with van der Waals surface area (Å²) in [4.78, 5) is 37.7. The molecule has 1 heterocycles. The van der Waals surface area contributed by atoms with E-state index in [-0.39, 0.29) is 16.9 Å². The highest BCUT2D eigenvalue weighted by Gasteiger charge is 2.36. The number of hydrogen-bond donors (Lipinski definition) is 0. The molecule has 0 aromatic heterocycles. The molecule has 0 aliphatic carbocycles. The van der Waals surface area contributed by atoms with Crippen LogP contribution in [0.3, 0.4) is 0 Å². The largest absolute Gasteiger partial charge is 0.490 e. The van der Waals surface area contributed by atoms with Crippen LogP contribution in [-0.4, -0.2) is 55.0 Å². The monoisotopic (exact) mass is 527 g/mol. The van der Waals surface area contributed by atoms with E-state index in [1.165, 1.54) is 5.56 Å². The number of carbonyl (C=O) groups is 3. The minimum atomic E-state index is -0.628. The normalized spacial score (nSPS) is 14.7. The Morgan fingerprint density at radius 3 is 2.27 bits per heavy atom. The van der Waals surface area contributed by atoms with Crippen molar-refractivity contribution in [2.75, 3.05) is 33.0 Å². The summed E-state index contributed by atoms with van der Waals surface area (Å²) >= 11 is 0.779. The Labute approximate surface area is 221 Å². The molecule has 2 aromatic rings. The van der Waals surface area contributed by atoms with E-state index in [1.54, 1.807) is 31.2 Å². The Kier molecular flexibility index (Phi) is 9.63. The lowest BCUT2D eigenvalue weighted by atomic mass is 9.87. The van der Waals surface area contributed by atoms with Gasteiger partial charge in [-0.25, -0.2) is 0 Å². The van der Waals surface area contributed by atoms with Crippen LogP contribution in [0.1, 0.15) is 45.7 Å². The van der Waals surface area contributed by atoms with Crippen molar-refractivity contribution in [1.29, 1.82) is 0 Å². The van der Waals surface area contributed by atoms with Gasteiger partial charge < -0.3 is 18.9 Å². The fraction of sp³-hybridized carbons (Fsp3) is 0.393. The van der Waals surface area contributed by atoms with Crippen LogP contribution in [0.2, 0.25) is 0 Å². The summed E-state index contributed by atoms with van der Waals surface area (Å²) < 4.78 is 22.2. The molecule has 0 unspecified atom stereocenters. The second kappa shape index (κ2) is 12.7. The van der Waals surface area contributed by atoms with Gasteiger partial charge in [0.1, 0.15) is 25.5 Å². The van der Waals surface area contributed by atoms with Crippen LogP contribution < -0.4 is 14.2 Å². The minimum Gasteiger partial charge on any atom is -0.490 e. The quantitative estimate of drug-likeness (QED) is 0.217. The molecule has 1 fully saturated rings. The van der Waals surface area contributed by atoms with Gasteiger partial charge in [-0.05, 0) is 72.5 Å². The molecule has 37 heavy (non-hydrogen) atoms. The standard InChI is InChI=1S/C28H33NO7S/c1-6-33-23-16-19(17-24-26(31)29(27(32)37-24)18-25(30)34-7-2)8-13-22(23)36-15-14-35-21-11-9-20(10-12-21)28(3,4)5/h8-13,16-17H,6-7,14-15,18H2,1-5H3/b24-17-. The number of imide groups is 1. The third-order valence-corrected chi connectivity index (χ3v) is 6.27. The molecule has 0 N–H and O–H groups in total. The predicted molar refractivity (Wildman–Crippen MR) is 143 cm³/mol. The average molecular weight is 528 g/mol. The van der Waals surface area contributed by atoms with E-state index in [9.17, 15) is 14.4 Å². The van der Waals surface area contributed by atoms with Crippen molar-refractivity contribution < 1.29 is 33.3 Å². The molecular weight excluding hydrogens is 494 g/mol. The van der Waals surface area contributed by atoms with Gasteiger partial charge in [0.05, 0.1) is 18.1 Å². The van der Waals surface area contributed by atoms with E-state index in [4.69, 9.17) is 18.9 Å². The van der Waals surface area contributed by atoms with Gasteiger partial charge in [0.15, 0.2) is 11.5 Å². The Balaban J connectivity index is 1.61. The maximum Gasteiger partial charge on any atom is 0.326 e. The highest BCUT2D eigenvalue weighted by atomic mass is 32.2. The number of benzene rings is 2. The molecule has 0 bridgehead atoms. The van der Waals surface area contributed by atoms with Gasteiger partial charge in [0.2, 0.25) is 0 Å². The van der Waals surface area contributed by atoms with Crippen LogP contribution in [0, 0.1) is 0 Å². The Hall–Kier alpha value is -3.46. The summed E-state index contributed by atoms with van der Waals surface area (Å²) in [5, 5.41) is -0.512. The molecule has 0 spiro atoms. The zero-order chi connectivity index (χ0) is 27.0. The van der Waals surface area contributed by atoms with E-state index in [0.717, 1.165) is 22.4 Å². The highest BCUT2D eigenvalue weighted by Crippen LogP contribution is 2.34. The topological polar surface area (TPSA) is 91.4 Å². The summed E-state index contributed by atoms with van der Waals surface area (Å²) in [6.07, 6.45) is 1.59. The zero-order valence-electron chi connectivity index (χ0n) is 21.9. The van der Waals surface area contributed by atoms with Crippen molar-refractivity contribution in [1.82, 2.24) is 4.90 Å². The van der Waals surface area contributed by atoms with E-state index in [0.29, 0.717) is 36.9 Å². The van der Waals surface area contributed by atoms with Crippen molar-refractivity contribution in [3.63, 3.8) is 0 Å². The Morgan fingerprint density at radius 2 is 1.62 bits per heavy atom. The second-order valence-corrected chi connectivity index (χ2v) is 10.2. The molecule has 1 aliphatic rings. The molecule has 2 amide bonds. The van der Waals surface area contributed by atoms with Gasteiger partial charge in [-0.15, -0.1) is 0 Å². The lowest BCUT2D eigenvalue weighted by molar-refractivity contribution is -0.145. The summed E-state index contributed by atoms with van der Waals surface area (Å²) in [5.74, 6) is 0.664. The average Bonchev–Trinajstić information content (AvgIpc) is 3.10. The fourth-order valence-corrected chi connectivity index (χ4v) is 4.33. The first-order chi connectivity index (χ1) is 17.6. The van der Waals surface area contributed by atoms with Crippen molar-refractivity contribution >= 4 is 35.0 Å². The SMILES string of the molecule is CCOC(=O)CN1C(=O)S/C(=C\c2ccc(OCCOc3ccc(C(C)(C)C)cc3)c(OCC)c2)C1=O. The number of hydrogen-bond acceptors (Lipinski definition) is 8. The molecule has 1 aliphatic heterocycles. The zero-order valence-corrected chi connectivity index (χ0v) is 22.7. The molecule has 8 nitrogen and oxygen atoms in total. The Morgan fingerprint density at radius 1 is 0.919 bits per heavy atom. The van der Waals surface area contributed by atoms with Crippen LogP contribution in [0.25, 0.3) is 6.08 Å². The van der Waals surface area contributed by atoms with Crippen molar-refractivity contribution in [3.05, 3.63) is 58.5 Å². The van der Waals surface area contributed by atoms with Crippen LogP contribution in [0.15, 0.2) is 47.4 Å². The van der Waals surface area contributed by atoms with E-state index < -0.39 is 23.7 Å². The van der Waals surface area contributed by atoms with Crippen molar-refractivity contribution in [2.45, 2.75) is 40.0 Å². The number of esters is 1. The predicted octanol–water partition coefficient (Wildman–Crippen LogP) is 5.44. The van der Waals surface area contributed by atoms with Crippen molar-refractivity contribution in [2.24, 2.45) is 0 Å². The van der Waals surface area contributed by atoms with Crippen LogP contribution >= 0.6 is 11.8 Å². The summed E-state index contributed by atoms with van der Waals surface area (Å²) in [6, 6.07) is 13.3. The third kappa shape index (κ3) is 7.76. The van der Waals surface area contributed by atoms with Gasteiger partial charge in [-0.2, -0.15) is 0 Å². The smallest absolute Gasteiger partial charge is 0.326 e. The van der Waals surface area contributed by atoms with Crippen LogP contribution in [0.4, 0.5) is 4.79 Å². The van der Waals surface area contributed by atoms with Gasteiger partial charge in [-0.3, -0.25) is 19.3 Å². The Bertz CT molecular complexity index is 1150. The molecule has 9 heteroatoms. The number of carbonyl (C=O) groups excluding carboxylic acids is 3. The van der Waals surface area contributed by atoms with Gasteiger partial charge >= 0.3 is 5.97 Å². The van der Waals surface area contributed by atoms with E-state index in [1.807, 2.05) is 19.1 Å². The maximum absolute atomic E-state index is 12.6. The number of thioether (sulfide) groups is 1. The molecule has 1 saturated heterocycles. The number of ether oxygens (including phenoxy) is 4. The number of rotatable bonds is 11. The first-order valence-electron chi connectivity index (χ1n) is 12.2. The van der Waals surface area contributed by atoms with Gasteiger partial charge in [0.25, 0.3) is 11.1 Å². The van der Waals surface area contributed by atoms with E-state index in [2.05, 4.69) is 32.9 Å². The molecule has 2 aromatic carbocycles. The summed E-state index contributed by atoms with van der Waals surface area (Å²) in [7, 11) is 0. The van der Waals surface area contributed by atoms with Crippen LogP contribution in [-0.2, 0) is 19.7 Å². The molecule has 0 atom stereocenters. The molecule has 198 valence electrons. The molecule has 3 rings (SSSR count). The first kappa shape index (κ1) is 28.1. The first-order valence-corrected chi connectivity index (χ1v) is 13.0. The van der Waals surface area contributed by atoms with Gasteiger partial charge in [0, 0.05) is 0 Å². The number of amides is 2. The summed E-state index contributed by atoms with van der Waals surface area (Å²) in [5.41, 5.74) is 1.98.